The van der Waals surface area contributed by atoms with Gasteiger partial charge < -0.3 is 0 Å². The predicted octanol–water partition coefficient (Wildman–Crippen LogP) is 3.71. The molecular formula is C9H14F4. The first-order chi connectivity index (χ1) is 5.61. The highest BCUT2D eigenvalue weighted by Crippen LogP contribution is 2.63. The van der Waals surface area contributed by atoms with Crippen molar-refractivity contribution in [1.82, 2.24) is 0 Å². The Labute approximate surface area is 75.3 Å². The summed E-state index contributed by atoms with van der Waals surface area (Å²) in [7, 11) is 0. The molecule has 1 saturated carbocycles. The SMILES string of the molecule is CC(C)(C)C1(C(F)F)CC(F)(F)C1. The number of hydrogen-bond acceptors (Lipinski definition) is 0. The number of halogens is 4. The molecule has 0 atom stereocenters. The van der Waals surface area contributed by atoms with Crippen LogP contribution in [0.5, 0.6) is 0 Å². The topological polar surface area (TPSA) is 0 Å². The molecule has 0 aromatic rings. The van der Waals surface area contributed by atoms with Crippen molar-refractivity contribution in [2.75, 3.05) is 0 Å². The van der Waals surface area contributed by atoms with Gasteiger partial charge in [-0.15, -0.1) is 0 Å². The van der Waals surface area contributed by atoms with Crippen LogP contribution >= 0.6 is 0 Å². The minimum atomic E-state index is -2.89. The van der Waals surface area contributed by atoms with E-state index in [0.29, 0.717) is 0 Å². The van der Waals surface area contributed by atoms with E-state index in [1.807, 2.05) is 0 Å². The Morgan fingerprint density at radius 3 is 1.54 bits per heavy atom. The van der Waals surface area contributed by atoms with E-state index in [2.05, 4.69) is 0 Å². The van der Waals surface area contributed by atoms with Gasteiger partial charge in [-0.2, -0.15) is 0 Å². The smallest absolute Gasteiger partial charge is 0.210 e. The summed E-state index contributed by atoms with van der Waals surface area (Å²) in [5.74, 6) is -2.89. The van der Waals surface area contributed by atoms with Gasteiger partial charge in [0, 0.05) is 18.3 Å². The summed E-state index contributed by atoms with van der Waals surface area (Å²) >= 11 is 0. The first-order valence-corrected chi connectivity index (χ1v) is 4.27. The van der Waals surface area contributed by atoms with Gasteiger partial charge in [-0.25, -0.2) is 17.6 Å². The summed E-state index contributed by atoms with van der Waals surface area (Å²) in [4.78, 5) is 0. The Morgan fingerprint density at radius 2 is 1.46 bits per heavy atom. The molecule has 78 valence electrons. The molecule has 0 spiro atoms. The second kappa shape index (κ2) is 2.61. The molecule has 4 heteroatoms. The fourth-order valence-electron chi connectivity index (χ4n) is 1.88. The van der Waals surface area contributed by atoms with E-state index in [9.17, 15) is 17.6 Å². The van der Waals surface area contributed by atoms with Crippen molar-refractivity contribution >= 4 is 0 Å². The highest BCUT2D eigenvalue weighted by molar-refractivity contribution is 5.06. The normalized spacial score (nSPS) is 25.8. The molecule has 0 nitrogen and oxygen atoms in total. The van der Waals surface area contributed by atoms with E-state index in [-0.39, 0.29) is 0 Å². The van der Waals surface area contributed by atoms with Gasteiger partial charge >= 0.3 is 0 Å². The van der Waals surface area contributed by atoms with Crippen LogP contribution in [0.2, 0.25) is 0 Å². The van der Waals surface area contributed by atoms with E-state index < -0.39 is 36.0 Å². The molecule has 0 N–H and O–H groups in total. The molecule has 13 heavy (non-hydrogen) atoms. The van der Waals surface area contributed by atoms with Crippen molar-refractivity contribution in [2.24, 2.45) is 10.8 Å². The quantitative estimate of drug-likeness (QED) is 0.563. The van der Waals surface area contributed by atoms with Crippen LogP contribution in [0, 0.1) is 10.8 Å². The molecule has 0 aliphatic heterocycles. The molecule has 0 heterocycles. The summed E-state index contributed by atoms with van der Waals surface area (Å²) in [6.45, 7) is 4.78. The highest BCUT2D eigenvalue weighted by atomic mass is 19.3. The highest BCUT2D eigenvalue weighted by Gasteiger charge is 2.66. The van der Waals surface area contributed by atoms with E-state index in [1.165, 1.54) is 0 Å². The van der Waals surface area contributed by atoms with Crippen molar-refractivity contribution in [3.63, 3.8) is 0 Å². The van der Waals surface area contributed by atoms with Crippen LogP contribution in [0.1, 0.15) is 33.6 Å². The van der Waals surface area contributed by atoms with Gasteiger partial charge in [0.25, 0.3) is 0 Å². The van der Waals surface area contributed by atoms with Gasteiger partial charge in [0.2, 0.25) is 12.3 Å². The molecule has 1 aliphatic rings. The third-order valence-electron chi connectivity index (χ3n) is 3.06. The molecule has 0 radical (unpaired) electrons. The van der Waals surface area contributed by atoms with Gasteiger partial charge in [-0.1, -0.05) is 20.8 Å². The molecule has 0 bridgehead atoms. The standard InChI is InChI=1S/C9H14F4/c1-7(2,3)8(6(10)11)4-9(12,13)5-8/h6H,4-5H2,1-3H3. The lowest BCUT2D eigenvalue weighted by atomic mass is 9.53. The Balaban J connectivity index is 2.84. The summed E-state index contributed by atoms with van der Waals surface area (Å²) in [5, 5.41) is 0. The van der Waals surface area contributed by atoms with Crippen molar-refractivity contribution in [1.29, 1.82) is 0 Å². The lowest BCUT2D eigenvalue weighted by Crippen LogP contribution is -2.57. The second-order valence-corrected chi connectivity index (χ2v) is 4.92. The Bertz CT molecular complexity index is 194. The average Bonchev–Trinajstić information content (AvgIpc) is 1.78. The van der Waals surface area contributed by atoms with E-state index in [1.54, 1.807) is 20.8 Å². The first-order valence-electron chi connectivity index (χ1n) is 4.27. The van der Waals surface area contributed by atoms with E-state index >= 15 is 0 Å². The monoisotopic (exact) mass is 198 g/mol. The molecule has 1 aliphatic carbocycles. The largest absolute Gasteiger partial charge is 0.249 e. The molecule has 0 aromatic carbocycles. The van der Waals surface area contributed by atoms with Crippen molar-refractivity contribution < 1.29 is 17.6 Å². The molecule has 0 amide bonds. The maximum Gasteiger partial charge on any atom is 0.249 e. The van der Waals surface area contributed by atoms with Gasteiger partial charge in [0.05, 0.1) is 0 Å². The molecule has 0 saturated heterocycles. The summed E-state index contributed by atoms with van der Waals surface area (Å²) in [5.41, 5.74) is -2.25. The van der Waals surface area contributed by atoms with Crippen molar-refractivity contribution in [3.8, 4) is 0 Å². The minimum absolute atomic E-state index is 0.679. The predicted molar refractivity (Wildman–Crippen MR) is 42.1 cm³/mol. The van der Waals surface area contributed by atoms with Gasteiger partial charge in [-0.05, 0) is 5.41 Å². The van der Waals surface area contributed by atoms with Gasteiger partial charge in [-0.3, -0.25) is 0 Å². The number of hydrogen-bond donors (Lipinski definition) is 0. The van der Waals surface area contributed by atoms with Crippen LogP contribution in [-0.2, 0) is 0 Å². The third-order valence-corrected chi connectivity index (χ3v) is 3.06. The van der Waals surface area contributed by atoms with Crippen LogP contribution in [0.15, 0.2) is 0 Å². The minimum Gasteiger partial charge on any atom is -0.210 e. The maximum absolute atomic E-state index is 12.6. The Kier molecular flexibility index (Phi) is 2.17. The van der Waals surface area contributed by atoms with Crippen LogP contribution in [-0.4, -0.2) is 12.3 Å². The third kappa shape index (κ3) is 1.55. The zero-order chi connectivity index (χ0) is 10.5. The Hall–Kier alpha value is -0.280. The van der Waals surface area contributed by atoms with Gasteiger partial charge in [0.1, 0.15) is 0 Å². The maximum atomic E-state index is 12.6. The summed E-state index contributed by atoms with van der Waals surface area (Å²) in [6, 6.07) is 0. The molecule has 1 rings (SSSR count). The molecule has 1 fully saturated rings. The fraction of sp³-hybridized carbons (Fsp3) is 1.00. The Morgan fingerprint density at radius 1 is 1.08 bits per heavy atom. The lowest BCUT2D eigenvalue weighted by molar-refractivity contribution is -0.250. The zero-order valence-electron chi connectivity index (χ0n) is 8.00. The van der Waals surface area contributed by atoms with Crippen LogP contribution in [0.3, 0.4) is 0 Å². The molecule has 0 unspecified atom stereocenters. The van der Waals surface area contributed by atoms with Crippen LogP contribution < -0.4 is 0 Å². The summed E-state index contributed by atoms with van der Waals surface area (Å²) in [6.07, 6.45) is -4.02. The first kappa shape index (κ1) is 10.8. The van der Waals surface area contributed by atoms with Gasteiger partial charge in [0.15, 0.2) is 0 Å². The number of alkyl halides is 4. The van der Waals surface area contributed by atoms with Crippen molar-refractivity contribution in [3.05, 3.63) is 0 Å². The van der Waals surface area contributed by atoms with Crippen LogP contribution in [0.25, 0.3) is 0 Å². The lowest BCUT2D eigenvalue weighted by Gasteiger charge is -2.54. The summed E-state index contributed by atoms with van der Waals surface area (Å²) < 4.78 is 50.5. The van der Waals surface area contributed by atoms with E-state index in [0.717, 1.165) is 0 Å². The molecular weight excluding hydrogens is 184 g/mol. The fourth-order valence-corrected chi connectivity index (χ4v) is 1.88. The second-order valence-electron chi connectivity index (χ2n) is 4.92. The number of rotatable bonds is 1. The zero-order valence-corrected chi connectivity index (χ0v) is 8.00. The van der Waals surface area contributed by atoms with E-state index in [4.69, 9.17) is 0 Å². The van der Waals surface area contributed by atoms with Crippen LogP contribution in [0.4, 0.5) is 17.6 Å². The molecule has 0 aromatic heterocycles. The van der Waals surface area contributed by atoms with Crippen molar-refractivity contribution in [2.45, 2.75) is 46.0 Å². The average molecular weight is 198 g/mol.